The number of hydrogen-bond acceptors (Lipinski definition) is 2. The van der Waals surface area contributed by atoms with Crippen LogP contribution >= 0.6 is 0 Å². The van der Waals surface area contributed by atoms with Gasteiger partial charge in [-0.15, -0.1) is 0 Å². The highest BCUT2D eigenvalue weighted by Gasteiger charge is 2.62. The SMILES string of the molecule is c1ccc2c(c1)-c1ccc(N(c3cccc4c3-c3ccccc3C43C4CC5CC(C4)CC3C5)c3cccc4oc5ccccc5c34)cc1C21CC2CCC1C2. The monoisotopic (exact) mass is 711 g/mol. The number of anilines is 3. The van der Waals surface area contributed by atoms with Crippen molar-refractivity contribution in [2.45, 2.75) is 68.6 Å². The Morgan fingerprint density at radius 3 is 1.98 bits per heavy atom. The van der Waals surface area contributed by atoms with Gasteiger partial charge >= 0.3 is 0 Å². The van der Waals surface area contributed by atoms with Crippen molar-refractivity contribution in [1.29, 1.82) is 0 Å². The van der Waals surface area contributed by atoms with Crippen molar-refractivity contribution in [3.05, 3.63) is 150 Å². The van der Waals surface area contributed by atoms with Gasteiger partial charge in [0.1, 0.15) is 11.2 Å². The molecular formula is C53H45NO. The molecular weight excluding hydrogens is 667 g/mol. The Bertz CT molecular complexity index is 2760. The normalized spacial score (nSPS) is 31.1. The van der Waals surface area contributed by atoms with E-state index in [1.54, 1.807) is 22.3 Å². The van der Waals surface area contributed by atoms with E-state index in [1.807, 2.05) is 0 Å². The fourth-order valence-corrected chi connectivity index (χ4v) is 15.2. The first kappa shape index (κ1) is 30.2. The fraction of sp³-hybridized carbons (Fsp3) is 0.321. The van der Waals surface area contributed by atoms with Gasteiger partial charge < -0.3 is 9.32 Å². The minimum absolute atomic E-state index is 0.112. The van der Waals surface area contributed by atoms with Crippen molar-refractivity contribution >= 4 is 39.0 Å². The van der Waals surface area contributed by atoms with Crippen LogP contribution in [0.25, 0.3) is 44.2 Å². The van der Waals surface area contributed by atoms with Crippen LogP contribution in [0.2, 0.25) is 0 Å². The van der Waals surface area contributed by atoms with Gasteiger partial charge in [-0.05, 0) is 162 Å². The summed E-state index contributed by atoms with van der Waals surface area (Å²) in [4.78, 5) is 2.67. The molecule has 8 aliphatic rings. The summed E-state index contributed by atoms with van der Waals surface area (Å²) < 4.78 is 6.62. The van der Waals surface area contributed by atoms with Crippen molar-refractivity contribution in [2.24, 2.45) is 35.5 Å². The Balaban J connectivity index is 1.06. The third-order valence-electron chi connectivity index (χ3n) is 16.7. The molecule has 1 heterocycles. The molecule has 8 aliphatic carbocycles. The van der Waals surface area contributed by atoms with E-state index in [2.05, 4.69) is 132 Å². The quantitative estimate of drug-likeness (QED) is 0.181. The molecule has 0 N–H and O–H groups in total. The standard InChI is InChI=1S/C53H45NO/c1-4-12-42-38(9-1)39-22-21-37(29-45(39)52(42)30-31-19-20-34(52)24-31)54(47-16-8-18-49-51(47)41-11-3-6-17-48(41)55-49)46-15-7-14-44-50(46)40-10-2-5-13-43(40)53(44)35-25-32-23-33(27-35)28-36(53)26-32/h1-18,21-22,29,31-36H,19-20,23-28,30H2. The highest BCUT2D eigenvalue weighted by molar-refractivity contribution is 6.14. The summed E-state index contributed by atoms with van der Waals surface area (Å²) in [6.07, 6.45) is 12.4. The van der Waals surface area contributed by atoms with Crippen LogP contribution in [0, 0.1) is 35.5 Å². The molecule has 3 atom stereocenters. The van der Waals surface area contributed by atoms with Crippen LogP contribution in [0.5, 0.6) is 0 Å². The van der Waals surface area contributed by atoms with E-state index in [1.165, 1.54) is 108 Å². The van der Waals surface area contributed by atoms with Crippen LogP contribution < -0.4 is 4.90 Å². The van der Waals surface area contributed by atoms with Crippen LogP contribution in [0.3, 0.4) is 0 Å². The number of nitrogens with zero attached hydrogens (tertiary/aromatic N) is 1. The van der Waals surface area contributed by atoms with E-state index in [0.29, 0.717) is 0 Å². The van der Waals surface area contributed by atoms with Gasteiger partial charge in [-0.1, -0.05) is 97.4 Å². The Morgan fingerprint density at radius 2 is 1.16 bits per heavy atom. The van der Waals surface area contributed by atoms with E-state index >= 15 is 0 Å². The minimum Gasteiger partial charge on any atom is -0.456 e. The minimum atomic E-state index is 0.112. The van der Waals surface area contributed by atoms with E-state index in [9.17, 15) is 0 Å². The maximum atomic E-state index is 6.62. The maximum Gasteiger partial charge on any atom is 0.137 e. The molecule has 6 bridgehead atoms. The zero-order chi connectivity index (χ0) is 35.6. The van der Waals surface area contributed by atoms with Crippen molar-refractivity contribution in [2.75, 3.05) is 4.90 Å². The topological polar surface area (TPSA) is 16.4 Å². The first-order valence-electron chi connectivity index (χ1n) is 21.4. The number of para-hydroxylation sites is 1. The highest BCUT2D eigenvalue weighted by atomic mass is 16.3. The molecule has 55 heavy (non-hydrogen) atoms. The second-order valence-corrected chi connectivity index (χ2v) is 18.8. The highest BCUT2D eigenvalue weighted by Crippen LogP contribution is 2.71. The Hall–Kier alpha value is -5.08. The molecule has 1 aromatic heterocycles. The molecule has 6 aromatic carbocycles. The maximum absolute atomic E-state index is 6.62. The molecule has 15 rings (SSSR count). The fourth-order valence-electron chi connectivity index (χ4n) is 15.2. The van der Waals surface area contributed by atoms with Gasteiger partial charge in [0, 0.05) is 27.5 Å². The molecule has 6 fully saturated rings. The average Bonchev–Trinajstić information content (AvgIpc) is 4.04. The van der Waals surface area contributed by atoms with Crippen molar-refractivity contribution < 1.29 is 4.42 Å². The summed E-state index contributed by atoms with van der Waals surface area (Å²) in [6, 6.07) is 49.4. The summed E-state index contributed by atoms with van der Waals surface area (Å²) in [6.45, 7) is 0. The molecule has 0 aliphatic heterocycles. The lowest BCUT2D eigenvalue weighted by Gasteiger charge is -2.61. The Labute approximate surface area is 323 Å². The molecule has 2 spiro atoms. The summed E-state index contributed by atoms with van der Waals surface area (Å²) in [5.41, 5.74) is 18.1. The predicted octanol–water partition coefficient (Wildman–Crippen LogP) is 13.9. The van der Waals surface area contributed by atoms with Gasteiger partial charge in [0.15, 0.2) is 0 Å². The van der Waals surface area contributed by atoms with E-state index in [0.717, 1.165) is 46.7 Å². The van der Waals surface area contributed by atoms with Gasteiger partial charge in [0.25, 0.3) is 0 Å². The first-order valence-corrected chi connectivity index (χ1v) is 21.4. The third-order valence-corrected chi connectivity index (χ3v) is 16.7. The first-order chi connectivity index (χ1) is 27.2. The van der Waals surface area contributed by atoms with E-state index in [4.69, 9.17) is 4.42 Å². The van der Waals surface area contributed by atoms with Crippen LogP contribution in [0.1, 0.15) is 80.0 Å². The molecule has 0 radical (unpaired) electrons. The van der Waals surface area contributed by atoms with Gasteiger partial charge in [0.2, 0.25) is 0 Å². The van der Waals surface area contributed by atoms with Crippen LogP contribution in [0.15, 0.2) is 132 Å². The molecule has 7 aromatic rings. The second-order valence-electron chi connectivity index (χ2n) is 18.8. The zero-order valence-corrected chi connectivity index (χ0v) is 31.3. The number of benzene rings is 6. The lowest BCUT2D eigenvalue weighted by molar-refractivity contribution is -0.0399. The molecule has 3 unspecified atom stereocenters. The van der Waals surface area contributed by atoms with Gasteiger partial charge in [-0.25, -0.2) is 0 Å². The largest absolute Gasteiger partial charge is 0.456 e. The van der Waals surface area contributed by atoms with Crippen molar-refractivity contribution in [1.82, 2.24) is 0 Å². The molecule has 0 saturated heterocycles. The lowest BCUT2D eigenvalue weighted by Crippen LogP contribution is -2.55. The Kier molecular flexibility index (Phi) is 5.71. The van der Waals surface area contributed by atoms with Crippen molar-refractivity contribution in [3.63, 3.8) is 0 Å². The number of furan rings is 1. The average molecular weight is 712 g/mol. The van der Waals surface area contributed by atoms with Crippen molar-refractivity contribution in [3.8, 4) is 22.3 Å². The second kappa shape index (κ2) is 10.4. The van der Waals surface area contributed by atoms with E-state index < -0.39 is 0 Å². The van der Waals surface area contributed by atoms with Gasteiger partial charge in [0.05, 0.1) is 16.8 Å². The third kappa shape index (κ3) is 3.60. The van der Waals surface area contributed by atoms with Crippen LogP contribution in [-0.2, 0) is 10.8 Å². The Morgan fingerprint density at radius 1 is 0.491 bits per heavy atom. The number of rotatable bonds is 3. The van der Waals surface area contributed by atoms with Gasteiger partial charge in [-0.2, -0.15) is 0 Å². The van der Waals surface area contributed by atoms with Crippen LogP contribution in [0.4, 0.5) is 17.1 Å². The zero-order valence-electron chi connectivity index (χ0n) is 31.3. The number of fused-ring (bicyclic) bond motifs is 14. The molecule has 0 amide bonds. The summed E-state index contributed by atoms with van der Waals surface area (Å²) in [5, 5.41) is 2.38. The van der Waals surface area contributed by atoms with Crippen LogP contribution in [-0.4, -0.2) is 0 Å². The number of hydrogen-bond donors (Lipinski definition) is 0. The van der Waals surface area contributed by atoms with Gasteiger partial charge in [-0.3, -0.25) is 0 Å². The molecule has 2 heteroatoms. The smallest absolute Gasteiger partial charge is 0.137 e. The molecule has 6 saturated carbocycles. The predicted molar refractivity (Wildman–Crippen MR) is 223 cm³/mol. The van der Waals surface area contributed by atoms with E-state index in [-0.39, 0.29) is 10.8 Å². The molecule has 268 valence electrons. The molecule has 2 nitrogen and oxygen atoms in total. The summed E-state index contributed by atoms with van der Waals surface area (Å²) in [7, 11) is 0. The summed E-state index contributed by atoms with van der Waals surface area (Å²) in [5.74, 6) is 4.85. The summed E-state index contributed by atoms with van der Waals surface area (Å²) >= 11 is 0. The lowest BCUT2D eigenvalue weighted by atomic mass is 9.43.